The third kappa shape index (κ3) is 8.36. The fraction of sp³-hybridized carbons (Fsp3) is 0.400. The molecule has 27 heavy (non-hydrogen) atoms. The van der Waals surface area contributed by atoms with E-state index in [2.05, 4.69) is 52.0 Å². The summed E-state index contributed by atoms with van der Waals surface area (Å²) in [6.45, 7) is 12.5. The summed E-state index contributed by atoms with van der Waals surface area (Å²) < 4.78 is 0. The largest absolute Gasteiger partial charge is 0.389 e. The summed E-state index contributed by atoms with van der Waals surface area (Å²) in [7, 11) is 0. The summed E-state index contributed by atoms with van der Waals surface area (Å²) in [4.78, 5) is 10.5. The molecule has 0 heterocycles. The van der Waals surface area contributed by atoms with Crippen molar-refractivity contribution in [2.24, 2.45) is 11.3 Å². The first kappa shape index (κ1) is 22.9. The number of aldehydes is 1. The van der Waals surface area contributed by atoms with Gasteiger partial charge in [-0.15, -0.1) is 0 Å². The minimum absolute atomic E-state index is 0.0627. The zero-order valence-electron chi connectivity index (χ0n) is 17.6. The Morgan fingerprint density at radius 3 is 2.15 bits per heavy atom. The fourth-order valence-electron chi connectivity index (χ4n) is 3.33. The molecule has 2 unspecified atom stereocenters. The second-order valence-electron chi connectivity index (χ2n) is 8.10. The molecule has 0 spiro atoms. The number of carbonyl (C=O) groups excluding carboxylic acids is 1. The van der Waals surface area contributed by atoms with Crippen molar-refractivity contribution in [1.82, 2.24) is 0 Å². The molecule has 0 aromatic carbocycles. The summed E-state index contributed by atoms with van der Waals surface area (Å²) in [6, 6.07) is 0. The van der Waals surface area contributed by atoms with E-state index in [1.807, 2.05) is 37.3 Å². The first-order valence-corrected chi connectivity index (χ1v) is 9.52. The SMILES string of the molecule is CC1=CC(O)CC(C)(C)C1/C=C/C(C)=C/C=C/C(C)=C/C=C/C=C(\C)C=O. The minimum atomic E-state index is -0.328. The standard InChI is InChI=1S/C25H34O2/c1-19(10-7-8-11-21(3)18-26)12-9-13-20(2)14-15-24-22(4)16-23(27)17-25(24,5)6/h7-16,18,23-24,27H,17H2,1-6H3/b8-7+,12-9+,15-14+,19-10+,20-13+,21-11+. The van der Waals surface area contributed by atoms with Crippen LogP contribution in [0.1, 0.15) is 48.0 Å². The summed E-state index contributed by atoms with van der Waals surface area (Å²) in [6.07, 6.45) is 21.5. The molecule has 0 bridgehead atoms. The Morgan fingerprint density at radius 2 is 1.56 bits per heavy atom. The molecular weight excluding hydrogens is 332 g/mol. The number of carbonyl (C=O) groups is 1. The van der Waals surface area contributed by atoms with Crippen LogP contribution < -0.4 is 0 Å². The van der Waals surface area contributed by atoms with Crippen LogP contribution in [0.3, 0.4) is 0 Å². The Morgan fingerprint density at radius 1 is 1.00 bits per heavy atom. The first-order valence-electron chi connectivity index (χ1n) is 9.52. The van der Waals surface area contributed by atoms with Crippen molar-refractivity contribution in [3.8, 4) is 0 Å². The molecule has 2 heteroatoms. The van der Waals surface area contributed by atoms with Crippen molar-refractivity contribution in [2.75, 3.05) is 0 Å². The summed E-state index contributed by atoms with van der Waals surface area (Å²) in [5.41, 5.74) is 4.33. The van der Waals surface area contributed by atoms with E-state index < -0.39 is 0 Å². The quantitative estimate of drug-likeness (QED) is 0.258. The van der Waals surface area contributed by atoms with Gasteiger partial charge in [-0.1, -0.05) is 91.3 Å². The van der Waals surface area contributed by atoms with Crippen molar-refractivity contribution in [1.29, 1.82) is 0 Å². The molecule has 0 saturated carbocycles. The zero-order valence-corrected chi connectivity index (χ0v) is 17.6. The van der Waals surface area contributed by atoms with E-state index in [0.29, 0.717) is 11.5 Å². The van der Waals surface area contributed by atoms with Gasteiger partial charge < -0.3 is 5.11 Å². The maximum Gasteiger partial charge on any atom is 0.145 e. The number of aliphatic hydroxyl groups excluding tert-OH is 1. The molecule has 1 rings (SSSR count). The average molecular weight is 367 g/mol. The van der Waals surface area contributed by atoms with Crippen LogP contribution in [0.25, 0.3) is 0 Å². The van der Waals surface area contributed by atoms with Gasteiger partial charge in [0.05, 0.1) is 6.10 Å². The summed E-state index contributed by atoms with van der Waals surface area (Å²) in [5, 5.41) is 9.95. The molecule has 1 aliphatic rings. The predicted octanol–water partition coefficient (Wildman–Crippen LogP) is 6.05. The predicted molar refractivity (Wildman–Crippen MR) is 116 cm³/mol. The van der Waals surface area contributed by atoms with Gasteiger partial charge in [-0.05, 0) is 45.1 Å². The average Bonchev–Trinajstić information content (AvgIpc) is 2.56. The lowest BCUT2D eigenvalue weighted by Gasteiger charge is -2.38. The third-order valence-electron chi connectivity index (χ3n) is 4.81. The van der Waals surface area contributed by atoms with Crippen molar-refractivity contribution >= 4 is 6.29 Å². The van der Waals surface area contributed by atoms with Crippen LogP contribution in [0.5, 0.6) is 0 Å². The monoisotopic (exact) mass is 366 g/mol. The molecule has 0 amide bonds. The molecule has 1 aliphatic carbocycles. The lowest BCUT2D eigenvalue weighted by Crippen LogP contribution is -2.32. The number of aliphatic hydroxyl groups is 1. The Kier molecular flexibility index (Phi) is 9.17. The fourth-order valence-corrected chi connectivity index (χ4v) is 3.33. The highest BCUT2D eigenvalue weighted by atomic mass is 16.3. The lowest BCUT2D eigenvalue weighted by molar-refractivity contribution is -0.104. The molecule has 0 aromatic heterocycles. The van der Waals surface area contributed by atoms with E-state index in [1.165, 1.54) is 11.1 Å². The van der Waals surface area contributed by atoms with Crippen LogP contribution >= 0.6 is 0 Å². The topological polar surface area (TPSA) is 37.3 Å². The van der Waals surface area contributed by atoms with Gasteiger partial charge in [0.15, 0.2) is 0 Å². The van der Waals surface area contributed by atoms with E-state index >= 15 is 0 Å². The molecule has 0 saturated heterocycles. The molecule has 2 atom stereocenters. The summed E-state index contributed by atoms with van der Waals surface area (Å²) in [5.74, 6) is 0.350. The molecule has 2 nitrogen and oxygen atoms in total. The molecule has 0 aliphatic heterocycles. The molecule has 0 aromatic rings. The Labute approximate surface area is 165 Å². The van der Waals surface area contributed by atoms with E-state index in [9.17, 15) is 9.90 Å². The van der Waals surface area contributed by atoms with Gasteiger partial charge in [0.25, 0.3) is 0 Å². The van der Waals surface area contributed by atoms with Crippen LogP contribution in [0, 0.1) is 11.3 Å². The zero-order chi connectivity index (χ0) is 20.4. The van der Waals surface area contributed by atoms with Crippen LogP contribution in [0.2, 0.25) is 0 Å². The van der Waals surface area contributed by atoms with Gasteiger partial charge in [0.1, 0.15) is 6.29 Å². The van der Waals surface area contributed by atoms with Crippen molar-refractivity contribution in [3.63, 3.8) is 0 Å². The van der Waals surface area contributed by atoms with Gasteiger partial charge in [-0.25, -0.2) is 0 Å². The number of hydrogen-bond acceptors (Lipinski definition) is 2. The second-order valence-corrected chi connectivity index (χ2v) is 8.10. The van der Waals surface area contributed by atoms with Gasteiger partial charge in [0, 0.05) is 5.92 Å². The minimum Gasteiger partial charge on any atom is -0.389 e. The number of hydrogen-bond donors (Lipinski definition) is 1. The molecule has 146 valence electrons. The highest BCUT2D eigenvalue weighted by Gasteiger charge is 2.34. The number of allylic oxidation sites excluding steroid dienone is 13. The number of rotatable bonds is 7. The van der Waals surface area contributed by atoms with Crippen LogP contribution in [0.4, 0.5) is 0 Å². The smallest absolute Gasteiger partial charge is 0.145 e. The van der Waals surface area contributed by atoms with Gasteiger partial charge in [-0.3, -0.25) is 4.79 Å². The van der Waals surface area contributed by atoms with Gasteiger partial charge in [0.2, 0.25) is 0 Å². The van der Waals surface area contributed by atoms with E-state index in [1.54, 1.807) is 13.0 Å². The van der Waals surface area contributed by atoms with Crippen LogP contribution in [-0.4, -0.2) is 17.5 Å². The molecule has 0 fully saturated rings. The van der Waals surface area contributed by atoms with Crippen molar-refractivity contribution < 1.29 is 9.90 Å². The summed E-state index contributed by atoms with van der Waals surface area (Å²) >= 11 is 0. The van der Waals surface area contributed by atoms with E-state index in [-0.39, 0.29) is 11.5 Å². The van der Waals surface area contributed by atoms with E-state index in [4.69, 9.17) is 0 Å². The van der Waals surface area contributed by atoms with Crippen LogP contribution in [-0.2, 0) is 4.79 Å². The molecule has 1 N–H and O–H groups in total. The Bertz CT molecular complexity index is 721. The van der Waals surface area contributed by atoms with Crippen LogP contribution in [0.15, 0.2) is 83.1 Å². The highest BCUT2D eigenvalue weighted by molar-refractivity contribution is 5.72. The molecular formula is C25H34O2. The van der Waals surface area contributed by atoms with Gasteiger partial charge in [-0.2, -0.15) is 0 Å². The maximum atomic E-state index is 10.5. The van der Waals surface area contributed by atoms with Crippen molar-refractivity contribution in [3.05, 3.63) is 83.1 Å². The third-order valence-corrected chi connectivity index (χ3v) is 4.81. The highest BCUT2D eigenvalue weighted by Crippen LogP contribution is 2.41. The maximum absolute atomic E-state index is 10.5. The second kappa shape index (κ2) is 10.8. The first-order chi connectivity index (χ1) is 12.7. The lowest BCUT2D eigenvalue weighted by atomic mass is 9.67. The normalized spacial score (nSPS) is 24.9. The molecule has 0 radical (unpaired) electrons. The Hall–Kier alpha value is -2.19. The van der Waals surface area contributed by atoms with Crippen molar-refractivity contribution in [2.45, 2.75) is 54.1 Å². The van der Waals surface area contributed by atoms with Gasteiger partial charge >= 0.3 is 0 Å². The Balaban J connectivity index is 2.71. The van der Waals surface area contributed by atoms with E-state index in [0.717, 1.165) is 18.3 Å².